The van der Waals surface area contributed by atoms with Gasteiger partial charge in [0.05, 0.1) is 0 Å². The molecule has 0 amide bonds. The SMILES string of the molecule is CC(CN)=C1CCC(C)CC1. The molecular formula is C10H19N. The lowest BCUT2D eigenvalue weighted by molar-refractivity contribution is 0.441. The molecule has 2 N–H and O–H groups in total. The van der Waals surface area contributed by atoms with Crippen LogP contribution in [0.25, 0.3) is 0 Å². The monoisotopic (exact) mass is 153 g/mol. The van der Waals surface area contributed by atoms with Crippen LogP contribution in [0.3, 0.4) is 0 Å². The smallest absolute Gasteiger partial charge is 0.0136 e. The Kier molecular flexibility index (Phi) is 3.13. The zero-order valence-corrected chi connectivity index (χ0v) is 7.69. The molecule has 1 heteroatoms. The molecular weight excluding hydrogens is 134 g/mol. The topological polar surface area (TPSA) is 26.0 Å². The maximum Gasteiger partial charge on any atom is 0.0136 e. The average molecular weight is 153 g/mol. The fraction of sp³-hybridized carbons (Fsp3) is 0.800. The van der Waals surface area contributed by atoms with Crippen molar-refractivity contribution in [2.45, 2.75) is 39.5 Å². The van der Waals surface area contributed by atoms with E-state index in [2.05, 4.69) is 13.8 Å². The Morgan fingerprint density at radius 3 is 2.45 bits per heavy atom. The zero-order valence-electron chi connectivity index (χ0n) is 7.69. The lowest BCUT2D eigenvalue weighted by atomic mass is 9.85. The molecule has 1 aliphatic carbocycles. The molecule has 1 aliphatic rings. The highest BCUT2D eigenvalue weighted by molar-refractivity contribution is 5.14. The lowest BCUT2D eigenvalue weighted by Gasteiger charge is -2.21. The van der Waals surface area contributed by atoms with Gasteiger partial charge in [0.25, 0.3) is 0 Å². The summed E-state index contributed by atoms with van der Waals surface area (Å²) in [5.74, 6) is 0.935. The highest BCUT2D eigenvalue weighted by Crippen LogP contribution is 2.29. The summed E-state index contributed by atoms with van der Waals surface area (Å²) >= 11 is 0. The molecule has 1 fully saturated rings. The van der Waals surface area contributed by atoms with Crippen LogP contribution in [0.15, 0.2) is 11.1 Å². The van der Waals surface area contributed by atoms with E-state index in [1.807, 2.05) is 0 Å². The third-order valence-electron chi connectivity index (χ3n) is 2.79. The summed E-state index contributed by atoms with van der Waals surface area (Å²) in [6.07, 6.45) is 5.33. The van der Waals surface area contributed by atoms with E-state index in [4.69, 9.17) is 5.73 Å². The van der Waals surface area contributed by atoms with Gasteiger partial charge in [0, 0.05) is 6.54 Å². The predicted octanol–water partition coefficient (Wildman–Crippen LogP) is 2.47. The van der Waals surface area contributed by atoms with Crippen LogP contribution in [0.5, 0.6) is 0 Å². The van der Waals surface area contributed by atoms with Gasteiger partial charge in [0.15, 0.2) is 0 Å². The van der Waals surface area contributed by atoms with Crippen LogP contribution in [0, 0.1) is 5.92 Å². The molecule has 0 radical (unpaired) electrons. The van der Waals surface area contributed by atoms with Crippen molar-refractivity contribution >= 4 is 0 Å². The second-order valence-electron chi connectivity index (χ2n) is 3.77. The van der Waals surface area contributed by atoms with Gasteiger partial charge in [-0.15, -0.1) is 0 Å². The Hall–Kier alpha value is -0.300. The Morgan fingerprint density at radius 2 is 2.00 bits per heavy atom. The van der Waals surface area contributed by atoms with Crippen LogP contribution in [0.4, 0.5) is 0 Å². The number of rotatable bonds is 1. The third-order valence-corrected chi connectivity index (χ3v) is 2.79. The maximum atomic E-state index is 5.58. The van der Waals surface area contributed by atoms with E-state index >= 15 is 0 Å². The van der Waals surface area contributed by atoms with Crippen LogP contribution in [0.2, 0.25) is 0 Å². The highest BCUT2D eigenvalue weighted by atomic mass is 14.5. The highest BCUT2D eigenvalue weighted by Gasteiger charge is 2.13. The van der Waals surface area contributed by atoms with E-state index < -0.39 is 0 Å². The molecule has 1 nitrogen and oxygen atoms in total. The van der Waals surface area contributed by atoms with Crippen molar-refractivity contribution in [1.29, 1.82) is 0 Å². The molecule has 1 saturated carbocycles. The van der Waals surface area contributed by atoms with Crippen LogP contribution in [-0.4, -0.2) is 6.54 Å². The summed E-state index contributed by atoms with van der Waals surface area (Å²) in [5.41, 5.74) is 8.64. The maximum absolute atomic E-state index is 5.58. The Bertz CT molecular complexity index is 148. The van der Waals surface area contributed by atoms with Crippen molar-refractivity contribution < 1.29 is 0 Å². The molecule has 0 heterocycles. The molecule has 0 saturated heterocycles. The van der Waals surface area contributed by atoms with Gasteiger partial charge >= 0.3 is 0 Å². The first-order valence-electron chi connectivity index (χ1n) is 4.61. The molecule has 0 atom stereocenters. The third kappa shape index (κ3) is 2.33. The molecule has 0 aromatic carbocycles. The molecule has 64 valence electrons. The quantitative estimate of drug-likeness (QED) is 0.575. The van der Waals surface area contributed by atoms with Crippen molar-refractivity contribution in [1.82, 2.24) is 0 Å². The van der Waals surface area contributed by atoms with Crippen molar-refractivity contribution in [2.75, 3.05) is 6.54 Å². The number of hydrogen-bond acceptors (Lipinski definition) is 1. The van der Waals surface area contributed by atoms with E-state index in [1.54, 1.807) is 5.57 Å². The van der Waals surface area contributed by atoms with E-state index in [-0.39, 0.29) is 0 Å². The normalized spacial score (nSPS) is 25.4. The summed E-state index contributed by atoms with van der Waals surface area (Å²) < 4.78 is 0. The molecule has 0 aromatic heterocycles. The van der Waals surface area contributed by atoms with Gasteiger partial charge in [-0.2, -0.15) is 0 Å². The molecule has 0 spiro atoms. The summed E-state index contributed by atoms with van der Waals surface area (Å²) in [6, 6.07) is 0. The number of nitrogens with two attached hydrogens (primary N) is 1. The van der Waals surface area contributed by atoms with Crippen molar-refractivity contribution in [3.8, 4) is 0 Å². The van der Waals surface area contributed by atoms with Gasteiger partial charge < -0.3 is 5.73 Å². The Labute approximate surface area is 69.7 Å². The standard InChI is InChI=1S/C10H19N/c1-8-3-5-10(6-4-8)9(2)7-11/h8H,3-7,11H2,1-2H3. The van der Waals surface area contributed by atoms with E-state index in [0.717, 1.165) is 12.5 Å². The Morgan fingerprint density at radius 1 is 1.45 bits per heavy atom. The summed E-state index contributed by atoms with van der Waals surface area (Å²) in [4.78, 5) is 0. The molecule has 11 heavy (non-hydrogen) atoms. The van der Waals surface area contributed by atoms with Crippen LogP contribution < -0.4 is 5.73 Å². The summed E-state index contributed by atoms with van der Waals surface area (Å²) in [6.45, 7) is 5.27. The molecule has 0 aliphatic heterocycles. The minimum atomic E-state index is 0.754. The number of allylic oxidation sites excluding steroid dienone is 1. The van der Waals surface area contributed by atoms with Gasteiger partial charge in [-0.1, -0.05) is 18.1 Å². The first-order valence-corrected chi connectivity index (χ1v) is 4.61. The van der Waals surface area contributed by atoms with Crippen LogP contribution >= 0.6 is 0 Å². The minimum Gasteiger partial charge on any atom is -0.327 e. The fourth-order valence-electron chi connectivity index (χ4n) is 1.68. The Balaban J connectivity index is 2.50. The van der Waals surface area contributed by atoms with Crippen LogP contribution in [-0.2, 0) is 0 Å². The van der Waals surface area contributed by atoms with Crippen molar-refractivity contribution in [3.05, 3.63) is 11.1 Å². The van der Waals surface area contributed by atoms with Gasteiger partial charge in [0.1, 0.15) is 0 Å². The second kappa shape index (κ2) is 3.91. The van der Waals surface area contributed by atoms with Crippen molar-refractivity contribution in [3.63, 3.8) is 0 Å². The lowest BCUT2D eigenvalue weighted by Crippen LogP contribution is -2.09. The van der Waals surface area contributed by atoms with Gasteiger partial charge in [-0.05, 0) is 38.5 Å². The van der Waals surface area contributed by atoms with Crippen LogP contribution in [0.1, 0.15) is 39.5 Å². The van der Waals surface area contributed by atoms with Gasteiger partial charge in [-0.25, -0.2) is 0 Å². The first kappa shape index (κ1) is 8.79. The molecule has 0 aromatic rings. The molecule has 0 bridgehead atoms. The van der Waals surface area contributed by atoms with E-state index in [1.165, 1.54) is 31.3 Å². The molecule has 1 rings (SSSR count). The average Bonchev–Trinajstić information content (AvgIpc) is 2.05. The zero-order chi connectivity index (χ0) is 8.27. The largest absolute Gasteiger partial charge is 0.327 e. The first-order chi connectivity index (χ1) is 5.24. The van der Waals surface area contributed by atoms with Gasteiger partial charge in [0.2, 0.25) is 0 Å². The second-order valence-corrected chi connectivity index (χ2v) is 3.77. The van der Waals surface area contributed by atoms with Crippen molar-refractivity contribution in [2.24, 2.45) is 11.7 Å². The molecule has 0 unspecified atom stereocenters. The van der Waals surface area contributed by atoms with E-state index in [9.17, 15) is 0 Å². The number of hydrogen-bond donors (Lipinski definition) is 1. The van der Waals surface area contributed by atoms with Gasteiger partial charge in [-0.3, -0.25) is 0 Å². The summed E-state index contributed by atoms with van der Waals surface area (Å²) in [7, 11) is 0. The van der Waals surface area contributed by atoms with E-state index in [0.29, 0.717) is 0 Å². The fourth-order valence-corrected chi connectivity index (χ4v) is 1.68. The predicted molar refractivity (Wildman–Crippen MR) is 49.4 cm³/mol. The summed E-state index contributed by atoms with van der Waals surface area (Å²) in [5, 5.41) is 0. The minimum absolute atomic E-state index is 0.754.